The quantitative estimate of drug-likeness (QED) is 0.947. The van der Waals surface area contributed by atoms with E-state index in [4.69, 9.17) is 0 Å². The van der Waals surface area contributed by atoms with Gasteiger partial charge in [0.15, 0.2) is 5.69 Å². The number of carbonyl (C=O) groups is 1. The molecule has 4 nitrogen and oxygen atoms in total. The Bertz CT molecular complexity index is 644. The summed E-state index contributed by atoms with van der Waals surface area (Å²) in [5.41, 5.74) is 0.228. The molecule has 0 saturated carbocycles. The second-order valence-corrected chi connectivity index (χ2v) is 4.73. The summed E-state index contributed by atoms with van der Waals surface area (Å²) in [6, 6.07) is 7.35. The molecular weight excluding hydrogens is 283 g/mol. The summed E-state index contributed by atoms with van der Waals surface area (Å²) < 4.78 is 39.3. The van der Waals surface area contributed by atoms with Crippen molar-refractivity contribution in [2.75, 3.05) is 0 Å². The van der Waals surface area contributed by atoms with E-state index in [-0.39, 0.29) is 6.54 Å². The minimum Gasteiger partial charge on any atom is -0.348 e. The number of alkyl halides is 3. The summed E-state index contributed by atoms with van der Waals surface area (Å²) >= 11 is 0. The Kier molecular flexibility index (Phi) is 4.02. The number of hydrogen-bond donors (Lipinski definition) is 1. The smallest absolute Gasteiger partial charge is 0.348 e. The van der Waals surface area contributed by atoms with Gasteiger partial charge in [-0.2, -0.15) is 18.3 Å². The average molecular weight is 297 g/mol. The lowest BCUT2D eigenvalue weighted by Gasteiger charge is -2.07. The molecule has 7 heteroatoms. The van der Waals surface area contributed by atoms with Crippen LogP contribution in [-0.2, 0) is 19.8 Å². The van der Waals surface area contributed by atoms with Gasteiger partial charge in [-0.25, -0.2) is 0 Å². The van der Waals surface area contributed by atoms with Crippen LogP contribution in [0.15, 0.2) is 30.5 Å². The number of nitrogens with one attached hydrogen (secondary N) is 1. The molecule has 21 heavy (non-hydrogen) atoms. The molecule has 0 aliphatic rings. The lowest BCUT2D eigenvalue weighted by atomic mass is 10.1. The first kappa shape index (κ1) is 15.1. The van der Waals surface area contributed by atoms with Crippen LogP contribution in [0.2, 0.25) is 0 Å². The van der Waals surface area contributed by atoms with Crippen molar-refractivity contribution >= 4 is 5.91 Å². The van der Waals surface area contributed by atoms with E-state index in [9.17, 15) is 18.0 Å². The number of rotatable bonds is 3. The second kappa shape index (κ2) is 5.59. The molecule has 1 aromatic carbocycles. The highest BCUT2D eigenvalue weighted by molar-refractivity contribution is 5.95. The summed E-state index contributed by atoms with van der Waals surface area (Å²) in [4.78, 5) is 11.9. The zero-order valence-corrected chi connectivity index (χ0v) is 11.5. The number of halogens is 3. The molecule has 0 saturated heterocycles. The number of amides is 1. The van der Waals surface area contributed by atoms with E-state index in [1.165, 1.54) is 7.05 Å². The maximum atomic E-state index is 12.8. The average Bonchev–Trinajstić information content (AvgIpc) is 2.80. The summed E-state index contributed by atoms with van der Waals surface area (Å²) in [6.07, 6.45) is -3.59. The molecule has 1 heterocycles. The molecule has 1 aromatic heterocycles. The van der Waals surface area contributed by atoms with Gasteiger partial charge < -0.3 is 5.32 Å². The van der Waals surface area contributed by atoms with Crippen LogP contribution < -0.4 is 5.32 Å². The molecule has 0 atom stereocenters. The van der Waals surface area contributed by atoms with Crippen LogP contribution in [0.1, 0.15) is 27.2 Å². The maximum absolute atomic E-state index is 12.8. The Labute approximate surface area is 119 Å². The van der Waals surface area contributed by atoms with E-state index in [0.29, 0.717) is 0 Å². The molecule has 0 spiro atoms. The number of benzene rings is 1. The molecule has 2 rings (SSSR count). The molecule has 0 aliphatic carbocycles. The van der Waals surface area contributed by atoms with Crippen molar-refractivity contribution in [1.82, 2.24) is 15.1 Å². The van der Waals surface area contributed by atoms with Crippen LogP contribution in [0.25, 0.3) is 0 Å². The Morgan fingerprint density at radius 1 is 1.29 bits per heavy atom. The predicted molar refractivity (Wildman–Crippen MR) is 70.6 cm³/mol. The molecule has 0 unspecified atom stereocenters. The number of hydrogen-bond acceptors (Lipinski definition) is 2. The SMILES string of the molecule is Cc1ccc(CNC(=O)c2cn(C)nc2C(F)(F)F)cc1. The number of aryl methyl sites for hydroxylation is 2. The normalized spacial score (nSPS) is 11.5. The second-order valence-electron chi connectivity index (χ2n) is 4.73. The van der Waals surface area contributed by atoms with E-state index in [1.807, 2.05) is 31.2 Å². The molecule has 1 amide bonds. The van der Waals surface area contributed by atoms with Gasteiger partial charge in [-0.15, -0.1) is 0 Å². The van der Waals surface area contributed by atoms with Crippen molar-refractivity contribution in [3.63, 3.8) is 0 Å². The zero-order chi connectivity index (χ0) is 15.6. The van der Waals surface area contributed by atoms with Crippen molar-refractivity contribution in [2.45, 2.75) is 19.6 Å². The van der Waals surface area contributed by atoms with Gasteiger partial charge in [-0.3, -0.25) is 9.48 Å². The van der Waals surface area contributed by atoms with Gasteiger partial charge in [0, 0.05) is 19.8 Å². The molecule has 2 aromatic rings. The summed E-state index contributed by atoms with van der Waals surface area (Å²) in [5, 5.41) is 5.77. The largest absolute Gasteiger partial charge is 0.435 e. The topological polar surface area (TPSA) is 46.9 Å². The predicted octanol–water partition coefficient (Wildman–Crippen LogP) is 2.68. The lowest BCUT2D eigenvalue weighted by molar-refractivity contribution is -0.141. The third-order valence-corrected chi connectivity index (χ3v) is 2.92. The summed E-state index contributed by atoms with van der Waals surface area (Å²) in [5.74, 6) is -0.795. The minimum absolute atomic E-state index is 0.158. The van der Waals surface area contributed by atoms with E-state index >= 15 is 0 Å². The van der Waals surface area contributed by atoms with Gasteiger partial charge in [0.05, 0.1) is 5.56 Å². The maximum Gasteiger partial charge on any atom is 0.435 e. The molecule has 0 radical (unpaired) electrons. The Morgan fingerprint density at radius 2 is 1.90 bits per heavy atom. The first-order chi connectivity index (χ1) is 9.77. The zero-order valence-electron chi connectivity index (χ0n) is 11.5. The molecule has 1 N–H and O–H groups in total. The van der Waals surface area contributed by atoms with E-state index in [0.717, 1.165) is 22.0 Å². The summed E-state index contributed by atoms with van der Waals surface area (Å²) in [7, 11) is 1.34. The number of aromatic nitrogens is 2. The van der Waals surface area contributed by atoms with Gasteiger partial charge in [-0.05, 0) is 12.5 Å². The van der Waals surface area contributed by atoms with Crippen molar-refractivity contribution in [2.24, 2.45) is 7.05 Å². The van der Waals surface area contributed by atoms with Crippen LogP contribution in [-0.4, -0.2) is 15.7 Å². The van der Waals surface area contributed by atoms with E-state index < -0.39 is 23.3 Å². The Balaban J connectivity index is 2.12. The van der Waals surface area contributed by atoms with Gasteiger partial charge in [0.1, 0.15) is 0 Å². The van der Waals surface area contributed by atoms with Crippen LogP contribution in [0.4, 0.5) is 13.2 Å². The van der Waals surface area contributed by atoms with Crippen LogP contribution in [0, 0.1) is 6.92 Å². The van der Waals surface area contributed by atoms with Crippen molar-refractivity contribution in [3.8, 4) is 0 Å². The first-order valence-electron chi connectivity index (χ1n) is 6.22. The molecule has 112 valence electrons. The standard InChI is InChI=1S/C14H14F3N3O/c1-9-3-5-10(6-4-9)7-18-13(21)11-8-20(2)19-12(11)14(15,16)17/h3-6,8H,7H2,1-2H3,(H,18,21). The first-order valence-corrected chi connectivity index (χ1v) is 6.22. The monoisotopic (exact) mass is 297 g/mol. The minimum atomic E-state index is -4.65. The fourth-order valence-corrected chi connectivity index (χ4v) is 1.85. The lowest BCUT2D eigenvalue weighted by Crippen LogP contribution is -2.25. The van der Waals surface area contributed by atoms with E-state index in [2.05, 4.69) is 10.4 Å². The van der Waals surface area contributed by atoms with Gasteiger partial charge in [0.25, 0.3) is 5.91 Å². The highest BCUT2D eigenvalue weighted by atomic mass is 19.4. The van der Waals surface area contributed by atoms with Gasteiger partial charge in [-0.1, -0.05) is 29.8 Å². The third kappa shape index (κ3) is 3.62. The summed E-state index contributed by atoms with van der Waals surface area (Å²) in [6.45, 7) is 2.08. The highest BCUT2D eigenvalue weighted by Crippen LogP contribution is 2.30. The molecular formula is C14H14F3N3O. The van der Waals surface area contributed by atoms with Gasteiger partial charge in [0.2, 0.25) is 0 Å². The Hall–Kier alpha value is -2.31. The fourth-order valence-electron chi connectivity index (χ4n) is 1.85. The van der Waals surface area contributed by atoms with Crippen LogP contribution >= 0.6 is 0 Å². The molecule has 0 aliphatic heterocycles. The van der Waals surface area contributed by atoms with Gasteiger partial charge >= 0.3 is 6.18 Å². The Morgan fingerprint density at radius 3 is 2.48 bits per heavy atom. The van der Waals surface area contributed by atoms with Crippen molar-refractivity contribution < 1.29 is 18.0 Å². The van der Waals surface area contributed by atoms with E-state index in [1.54, 1.807) is 0 Å². The van der Waals surface area contributed by atoms with Crippen molar-refractivity contribution in [3.05, 3.63) is 52.8 Å². The number of carbonyl (C=O) groups excluding carboxylic acids is 1. The molecule has 0 fully saturated rings. The van der Waals surface area contributed by atoms with Crippen molar-refractivity contribution in [1.29, 1.82) is 0 Å². The van der Waals surface area contributed by atoms with Crippen LogP contribution in [0.5, 0.6) is 0 Å². The fraction of sp³-hybridized carbons (Fsp3) is 0.286. The molecule has 0 bridgehead atoms. The van der Waals surface area contributed by atoms with Crippen LogP contribution in [0.3, 0.4) is 0 Å². The number of nitrogens with zero attached hydrogens (tertiary/aromatic N) is 2. The third-order valence-electron chi connectivity index (χ3n) is 2.92. The highest BCUT2D eigenvalue weighted by Gasteiger charge is 2.38.